The van der Waals surface area contributed by atoms with Crippen molar-refractivity contribution >= 4 is 15.9 Å². The third-order valence-electron chi connectivity index (χ3n) is 5.55. The topological polar surface area (TPSA) is 93.4 Å². The number of hydrogen-bond acceptors (Lipinski definition) is 4. The lowest BCUT2D eigenvalue weighted by molar-refractivity contribution is 0.100. The number of aromatic nitrogens is 1. The third kappa shape index (κ3) is 4.08. The van der Waals surface area contributed by atoms with E-state index in [1.165, 1.54) is 22.5 Å². The van der Waals surface area contributed by atoms with E-state index in [0.29, 0.717) is 30.6 Å². The minimum absolute atomic E-state index is 0.0817. The summed E-state index contributed by atoms with van der Waals surface area (Å²) < 4.78 is 41.5. The Morgan fingerprint density at radius 3 is 2.61 bits per heavy atom. The molecule has 2 heterocycles. The fourth-order valence-corrected chi connectivity index (χ4v) is 5.62. The molecule has 2 aromatic carbocycles. The predicted octanol–water partition coefficient (Wildman–Crippen LogP) is 3.82. The predicted molar refractivity (Wildman–Crippen MR) is 115 cm³/mol. The van der Waals surface area contributed by atoms with Crippen LogP contribution in [0.1, 0.15) is 40.5 Å². The molecule has 1 aliphatic rings. The van der Waals surface area contributed by atoms with Gasteiger partial charge in [0, 0.05) is 23.9 Å². The summed E-state index contributed by atoms with van der Waals surface area (Å²) >= 11 is 0. The molecular weight excluding hydrogens is 417 g/mol. The second kappa shape index (κ2) is 8.20. The number of primary amides is 1. The van der Waals surface area contributed by atoms with E-state index >= 15 is 0 Å². The SMILES string of the molecule is Cc1cc(S(=O)(=O)N2CCC[C@H]2c2ccc(-c3cccc(C(N)=O)c3)cn2)ccc1F. The monoisotopic (exact) mass is 439 g/mol. The van der Waals surface area contributed by atoms with Crippen molar-refractivity contribution in [1.82, 2.24) is 9.29 Å². The first-order valence-corrected chi connectivity index (χ1v) is 11.4. The first kappa shape index (κ1) is 21.1. The van der Waals surface area contributed by atoms with E-state index in [-0.39, 0.29) is 16.5 Å². The van der Waals surface area contributed by atoms with Crippen molar-refractivity contribution in [1.29, 1.82) is 0 Å². The largest absolute Gasteiger partial charge is 0.366 e. The van der Waals surface area contributed by atoms with E-state index in [9.17, 15) is 17.6 Å². The highest BCUT2D eigenvalue weighted by atomic mass is 32.2. The quantitative estimate of drug-likeness (QED) is 0.654. The highest BCUT2D eigenvalue weighted by molar-refractivity contribution is 7.89. The number of nitrogens with two attached hydrogens (primary N) is 1. The summed E-state index contributed by atoms with van der Waals surface area (Å²) in [7, 11) is -3.78. The Labute approximate surface area is 180 Å². The van der Waals surface area contributed by atoms with Gasteiger partial charge in [-0.25, -0.2) is 12.8 Å². The molecule has 0 radical (unpaired) electrons. The summed E-state index contributed by atoms with van der Waals surface area (Å²) in [6, 6.07) is 14.1. The molecule has 1 saturated heterocycles. The molecule has 2 N–H and O–H groups in total. The molecule has 8 heteroatoms. The molecule has 1 atom stereocenters. The van der Waals surface area contributed by atoms with Crippen molar-refractivity contribution < 1.29 is 17.6 Å². The van der Waals surface area contributed by atoms with Gasteiger partial charge in [0.25, 0.3) is 0 Å². The maximum absolute atomic E-state index is 13.6. The van der Waals surface area contributed by atoms with Crippen LogP contribution in [-0.4, -0.2) is 30.2 Å². The van der Waals surface area contributed by atoms with Crippen molar-refractivity contribution in [2.75, 3.05) is 6.54 Å². The van der Waals surface area contributed by atoms with Crippen molar-refractivity contribution in [2.45, 2.75) is 30.7 Å². The van der Waals surface area contributed by atoms with Crippen LogP contribution in [0.5, 0.6) is 0 Å². The van der Waals surface area contributed by atoms with E-state index in [2.05, 4.69) is 4.98 Å². The Hall–Kier alpha value is -3.10. The Kier molecular flexibility index (Phi) is 5.60. The lowest BCUT2D eigenvalue weighted by atomic mass is 10.0. The van der Waals surface area contributed by atoms with E-state index in [0.717, 1.165) is 11.1 Å². The molecule has 0 unspecified atom stereocenters. The van der Waals surface area contributed by atoms with Crippen LogP contribution in [0.25, 0.3) is 11.1 Å². The average Bonchev–Trinajstić information content (AvgIpc) is 3.27. The van der Waals surface area contributed by atoms with Crippen LogP contribution in [0.15, 0.2) is 65.7 Å². The van der Waals surface area contributed by atoms with Crippen LogP contribution >= 0.6 is 0 Å². The summed E-state index contributed by atoms with van der Waals surface area (Å²) in [6.07, 6.45) is 3.04. The van der Waals surface area contributed by atoms with E-state index in [1.54, 1.807) is 37.4 Å². The third-order valence-corrected chi connectivity index (χ3v) is 7.45. The molecule has 0 saturated carbocycles. The van der Waals surface area contributed by atoms with E-state index in [1.807, 2.05) is 12.1 Å². The first-order valence-electron chi connectivity index (χ1n) is 9.91. The second-order valence-corrected chi connectivity index (χ2v) is 9.49. The van der Waals surface area contributed by atoms with Gasteiger partial charge in [0.1, 0.15) is 5.82 Å². The Bertz CT molecular complexity index is 1240. The molecule has 0 aliphatic carbocycles. The molecule has 6 nitrogen and oxygen atoms in total. The van der Waals surface area contributed by atoms with Crippen molar-refractivity contribution in [3.8, 4) is 11.1 Å². The molecular formula is C23H22FN3O3S. The summed E-state index contributed by atoms with van der Waals surface area (Å²) in [6.45, 7) is 1.93. The van der Waals surface area contributed by atoms with Gasteiger partial charge in [0.15, 0.2) is 0 Å². The number of halogens is 1. The standard InChI is InChI=1S/C23H22FN3O3S/c1-15-12-19(8-9-20(15)24)31(29,30)27-11-3-6-22(27)21-10-7-18(14-26-21)16-4-2-5-17(13-16)23(25)28/h2,4-5,7-10,12-14,22H,3,6,11H2,1H3,(H2,25,28)/t22-/m0/s1. The van der Waals surface area contributed by atoms with Gasteiger partial charge in [-0.3, -0.25) is 9.78 Å². The van der Waals surface area contributed by atoms with Crippen molar-refractivity contribution in [3.63, 3.8) is 0 Å². The van der Waals surface area contributed by atoms with Gasteiger partial charge in [0.2, 0.25) is 15.9 Å². The number of amides is 1. The smallest absolute Gasteiger partial charge is 0.248 e. The number of rotatable bonds is 5. The fourth-order valence-electron chi connectivity index (χ4n) is 3.86. The summed E-state index contributed by atoms with van der Waals surface area (Å²) in [5.74, 6) is -0.941. The molecule has 1 fully saturated rings. The van der Waals surface area contributed by atoms with Crippen LogP contribution in [0, 0.1) is 12.7 Å². The number of sulfonamides is 1. The van der Waals surface area contributed by atoms with Gasteiger partial charge in [-0.1, -0.05) is 18.2 Å². The average molecular weight is 440 g/mol. The molecule has 160 valence electrons. The maximum atomic E-state index is 13.6. The van der Waals surface area contributed by atoms with Crippen LogP contribution in [0.3, 0.4) is 0 Å². The number of hydrogen-bond donors (Lipinski definition) is 1. The fraction of sp³-hybridized carbons (Fsp3) is 0.217. The van der Waals surface area contributed by atoms with Crippen molar-refractivity contribution in [2.24, 2.45) is 5.73 Å². The molecule has 4 rings (SSSR count). The van der Waals surface area contributed by atoms with Crippen LogP contribution < -0.4 is 5.73 Å². The Balaban J connectivity index is 1.62. The van der Waals surface area contributed by atoms with E-state index < -0.39 is 21.7 Å². The lowest BCUT2D eigenvalue weighted by Crippen LogP contribution is -2.31. The molecule has 31 heavy (non-hydrogen) atoms. The number of benzene rings is 2. The first-order chi connectivity index (χ1) is 14.8. The van der Waals surface area contributed by atoms with Gasteiger partial charge in [-0.2, -0.15) is 4.31 Å². The van der Waals surface area contributed by atoms with E-state index in [4.69, 9.17) is 5.73 Å². The normalized spacial score (nSPS) is 17.0. The molecule has 0 spiro atoms. The number of nitrogens with zero attached hydrogens (tertiary/aromatic N) is 2. The zero-order valence-electron chi connectivity index (χ0n) is 17.0. The number of aryl methyl sites for hydroxylation is 1. The number of pyridine rings is 1. The summed E-state index contributed by atoms with van der Waals surface area (Å²) in [5, 5.41) is 0. The van der Waals surface area contributed by atoms with Gasteiger partial charge in [-0.05, 0) is 67.3 Å². The molecule has 3 aromatic rings. The maximum Gasteiger partial charge on any atom is 0.248 e. The highest BCUT2D eigenvalue weighted by Gasteiger charge is 2.37. The molecule has 1 amide bonds. The minimum atomic E-state index is -3.78. The Morgan fingerprint density at radius 1 is 1.13 bits per heavy atom. The van der Waals surface area contributed by atoms with Gasteiger partial charge in [-0.15, -0.1) is 0 Å². The Morgan fingerprint density at radius 2 is 1.94 bits per heavy atom. The lowest BCUT2D eigenvalue weighted by Gasteiger charge is -2.24. The van der Waals surface area contributed by atoms with Gasteiger partial charge >= 0.3 is 0 Å². The molecule has 0 bridgehead atoms. The number of carbonyl (C=O) groups is 1. The number of carbonyl (C=O) groups excluding carboxylic acids is 1. The van der Waals surface area contributed by atoms with Crippen LogP contribution in [-0.2, 0) is 10.0 Å². The molecule has 1 aromatic heterocycles. The summed E-state index contributed by atoms with van der Waals surface area (Å²) in [4.78, 5) is 16.0. The molecule has 1 aliphatic heterocycles. The minimum Gasteiger partial charge on any atom is -0.366 e. The highest BCUT2D eigenvalue weighted by Crippen LogP contribution is 2.36. The van der Waals surface area contributed by atoms with Gasteiger partial charge in [0.05, 0.1) is 16.6 Å². The zero-order chi connectivity index (χ0) is 22.2. The van der Waals surface area contributed by atoms with Crippen LogP contribution in [0.4, 0.5) is 4.39 Å². The zero-order valence-corrected chi connectivity index (χ0v) is 17.8. The van der Waals surface area contributed by atoms with Gasteiger partial charge < -0.3 is 5.73 Å². The van der Waals surface area contributed by atoms with Crippen LogP contribution in [0.2, 0.25) is 0 Å². The summed E-state index contributed by atoms with van der Waals surface area (Å²) in [5.41, 5.74) is 8.29. The van der Waals surface area contributed by atoms with Crippen molar-refractivity contribution in [3.05, 3.63) is 83.4 Å². The second-order valence-electron chi connectivity index (χ2n) is 7.60.